The smallest absolute Gasteiger partial charge is 0.242 e. The average Bonchev–Trinajstić information content (AvgIpc) is 2.48. The van der Waals surface area contributed by atoms with E-state index in [1.165, 1.54) is 0 Å². The summed E-state index contributed by atoms with van der Waals surface area (Å²) >= 11 is 5.59. The second-order valence-corrected chi connectivity index (χ2v) is 3.38. The number of nitrogens with one attached hydrogen (secondary N) is 1. The van der Waals surface area contributed by atoms with E-state index in [4.69, 9.17) is 11.6 Å². The van der Waals surface area contributed by atoms with Crippen LogP contribution < -0.4 is 5.32 Å². The van der Waals surface area contributed by atoms with E-state index in [-0.39, 0.29) is 0 Å². The monoisotopic (exact) mass is 203 g/mol. The number of anilines is 1. The molecule has 0 bridgehead atoms. The molecule has 0 amide bonds. The summed E-state index contributed by atoms with van der Waals surface area (Å²) < 4.78 is 1.61. The third kappa shape index (κ3) is 3.18. The first-order chi connectivity index (χ1) is 6.24. The van der Waals surface area contributed by atoms with E-state index in [0.29, 0.717) is 17.9 Å². The largest absolute Gasteiger partial charge is 0.351 e. The summed E-state index contributed by atoms with van der Waals surface area (Å²) in [6.45, 7) is 2.08. The quantitative estimate of drug-likeness (QED) is 0.727. The molecule has 13 heavy (non-hydrogen) atoms. The van der Waals surface area contributed by atoms with Gasteiger partial charge in [-0.25, -0.2) is 4.68 Å². The van der Waals surface area contributed by atoms with Gasteiger partial charge in [0.1, 0.15) is 0 Å². The molecule has 0 aliphatic carbocycles. The number of hydrogen-bond donors (Lipinski definition) is 1. The fraction of sp³-hybridized carbons (Fsp3) is 0.857. The molecule has 0 fully saturated rings. The molecule has 0 aliphatic rings. The van der Waals surface area contributed by atoms with Crippen molar-refractivity contribution in [1.82, 2.24) is 20.2 Å². The molecule has 0 saturated heterocycles. The van der Waals surface area contributed by atoms with Crippen molar-refractivity contribution in [2.24, 2.45) is 7.05 Å². The summed E-state index contributed by atoms with van der Waals surface area (Å²) in [4.78, 5) is 0. The van der Waals surface area contributed by atoms with Gasteiger partial charge in [-0.05, 0) is 30.2 Å². The minimum atomic E-state index is 0.350. The molecule has 5 nitrogen and oxygen atoms in total. The van der Waals surface area contributed by atoms with E-state index >= 15 is 0 Å². The number of tetrazole rings is 1. The molecular weight excluding hydrogens is 190 g/mol. The van der Waals surface area contributed by atoms with E-state index in [1.807, 2.05) is 0 Å². The van der Waals surface area contributed by atoms with Gasteiger partial charge in [-0.1, -0.05) is 5.10 Å². The number of alkyl halides is 1. The fourth-order valence-electron chi connectivity index (χ4n) is 1.03. The SMILES string of the molecule is CC(CCCCl)Nc1nnnn1C. The van der Waals surface area contributed by atoms with E-state index < -0.39 is 0 Å². The zero-order chi connectivity index (χ0) is 9.68. The van der Waals surface area contributed by atoms with Crippen LogP contribution in [0.5, 0.6) is 0 Å². The standard InChI is InChI=1S/C7H14ClN5/c1-6(4-3-5-8)9-7-10-11-12-13(7)2/h6H,3-5H2,1-2H3,(H,9,10,12). The van der Waals surface area contributed by atoms with Crippen LogP contribution in [-0.4, -0.2) is 32.1 Å². The number of aryl methyl sites for hydroxylation is 1. The van der Waals surface area contributed by atoms with Gasteiger partial charge in [0, 0.05) is 19.0 Å². The summed E-state index contributed by atoms with van der Waals surface area (Å²) in [6, 6.07) is 0.350. The third-order valence-corrected chi connectivity index (χ3v) is 2.03. The number of hydrogen-bond acceptors (Lipinski definition) is 4. The number of nitrogens with zero attached hydrogens (tertiary/aromatic N) is 4. The van der Waals surface area contributed by atoms with E-state index in [2.05, 4.69) is 27.8 Å². The fourth-order valence-corrected chi connectivity index (χ4v) is 1.18. The lowest BCUT2D eigenvalue weighted by Crippen LogP contribution is -2.18. The molecule has 0 spiro atoms. The van der Waals surface area contributed by atoms with Crippen LogP contribution in [0.4, 0.5) is 5.95 Å². The Morgan fingerprint density at radius 1 is 1.62 bits per heavy atom. The third-order valence-electron chi connectivity index (χ3n) is 1.77. The first-order valence-corrected chi connectivity index (χ1v) is 4.82. The van der Waals surface area contributed by atoms with Crippen LogP contribution in [0.1, 0.15) is 19.8 Å². The maximum absolute atomic E-state index is 5.59. The van der Waals surface area contributed by atoms with Crippen LogP contribution in [0.3, 0.4) is 0 Å². The van der Waals surface area contributed by atoms with Crippen molar-refractivity contribution in [2.45, 2.75) is 25.8 Å². The minimum Gasteiger partial charge on any atom is -0.351 e. The molecule has 0 aromatic carbocycles. The topological polar surface area (TPSA) is 55.6 Å². The maximum atomic E-state index is 5.59. The van der Waals surface area contributed by atoms with Crippen LogP contribution in [0.15, 0.2) is 0 Å². The highest BCUT2D eigenvalue weighted by atomic mass is 35.5. The molecule has 1 aromatic rings. The zero-order valence-electron chi connectivity index (χ0n) is 7.87. The van der Waals surface area contributed by atoms with Crippen molar-refractivity contribution in [3.63, 3.8) is 0 Å². The Morgan fingerprint density at radius 3 is 2.92 bits per heavy atom. The lowest BCUT2D eigenvalue weighted by atomic mass is 10.2. The first-order valence-electron chi connectivity index (χ1n) is 4.29. The maximum Gasteiger partial charge on any atom is 0.242 e. The van der Waals surface area contributed by atoms with Crippen LogP contribution in [0.2, 0.25) is 0 Å². The average molecular weight is 204 g/mol. The summed E-state index contributed by atoms with van der Waals surface area (Å²) in [5.41, 5.74) is 0. The predicted octanol–water partition coefficient (Wildman–Crippen LogP) is 1.03. The normalized spacial score (nSPS) is 12.8. The Bertz CT molecular complexity index is 249. The lowest BCUT2D eigenvalue weighted by Gasteiger charge is -2.11. The van der Waals surface area contributed by atoms with Gasteiger partial charge >= 0.3 is 0 Å². The summed E-state index contributed by atoms with van der Waals surface area (Å²) in [7, 11) is 1.80. The van der Waals surface area contributed by atoms with Gasteiger partial charge < -0.3 is 5.32 Å². The Morgan fingerprint density at radius 2 is 2.38 bits per heavy atom. The van der Waals surface area contributed by atoms with Gasteiger partial charge in [0.05, 0.1) is 0 Å². The van der Waals surface area contributed by atoms with Crippen molar-refractivity contribution >= 4 is 17.5 Å². The molecule has 0 saturated carbocycles. The summed E-state index contributed by atoms with van der Waals surface area (Å²) in [5, 5.41) is 14.3. The molecule has 1 unspecified atom stereocenters. The predicted molar refractivity (Wildman–Crippen MR) is 51.8 cm³/mol. The molecule has 1 aromatic heterocycles. The summed E-state index contributed by atoms with van der Waals surface area (Å²) in [5.74, 6) is 1.39. The molecule has 1 atom stereocenters. The van der Waals surface area contributed by atoms with Crippen LogP contribution in [-0.2, 0) is 7.05 Å². The lowest BCUT2D eigenvalue weighted by molar-refractivity contribution is 0.666. The second kappa shape index (κ2) is 5.01. The second-order valence-electron chi connectivity index (χ2n) is 3.00. The Labute approximate surface area is 82.5 Å². The van der Waals surface area contributed by atoms with Crippen molar-refractivity contribution in [2.75, 3.05) is 11.2 Å². The van der Waals surface area contributed by atoms with Crippen molar-refractivity contribution in [3.05, 3.63) is 0 Å². The molecule has 1 heterocycles. The Kier molecular flexibility index (Phi) is 3.95. The number of rotatable bonds is 5. The van der Waals surface area contributed by atoms with E-state index in [1.54, 1.807) is 11.7 Å². The van der Waals surface area contributed by atoms with Gasteiger partial charge in [0.25, 0.3) is 0 Å². The molecule has 1 N–H and O–H groups in total. The minimum absolute atomic E-state index is 0.350. The van der Waals surface area contributed by atoms with Gasteiger partial charge in [-0.2, -0.15) is 0 Å². The van der Waals surface area contributed by atoms with E-state index in [0.717, 1.165) is 12.8 Å². The molecule has 1 rings (SSSR count). The number of aromatic nitrogens is 4. The molecule has 0 aliphatic heterocycles. The highest BCUT2D eigenvalue weighted by molar-refractivity contribution is 6.17. The van der Waals surface area contributed by atoms with Crippen molar-refractivity contribution in [1.29, 1.82) is 0 Å². The van der Waals surface area contributed by atoms with E-state index in [9.17, 15) is 0 Å². The van der Waals surface area contributed by atoms with Crippen molar-refractivity contribution < 1.29 is 0 Å². The van der Waals surface area contributed by atoms with Gasteiger partial charge in [-0.3, -0.25) is 0 Å². The Balaban J connectivity index is 2.36. The molecule has 74 valence electrons. The molecular formula is C7H14ClN5. The zero-order valence-corrected chi connectivity index (χ0v) is 8.62. The van der Waals surface area contributed by atoms with Gasteiger partial charge in [0.2, 0.25) is 5.95 Å². The Hall–Kier alpha value is -0.840. The van der Waals surface area contributed by atoms with Crippen LogP contribution >= 0.6 is 11.6 Å². The van der Waals surface area contributed by atoms with Crippen LogP contribution in [0.25, 0.3) is 0 Å². The first kappa shape index (κ1) is 10.2. The summed E-state index contributed by atoms with van der Waals surface area (Å²) in [6.07, 6.45) is 2.03. The van der Waals surface area contributed by atoms with Crippen molar-refractivity contribution in [3.8, 4) is 0 Å². The number of halogens is 1. The highest BCUT2D eigenvalue weighted by Gasteiger charge is 2.05. The highest BCUT2D eigenvalue weighted by Crippen LogP contribution is 2.05. The van der Waals surface area contributed by atoms with Crippen LogP contribution in [0, 0.1) is 0 Å². The molecule has 6 heteroatoms. The molecule has 0 radical (unpaired) electrons. The van der Waals surface area contributed by atoms with Gasteiger partial charge in [0.15, 0.2) is 0 Å². The van der Waals surface area contributed by atoms with Gasteiger partial charge in [-0.15, -0.1) is 11.6 Å².